The summed E-state index contributed by atoms with van der Waals surface area (Å²) in [6.07, 6.45) is 4.10. The van der Waals surface area contributed by atoms with E-state index in [0.717, 1.165) is 17.7 Å². The fraction of sp³-hybridized carbons (Fsp3) is 0.192. The molecule has 4 rings (SSSR count). The number of nitrogens with one attached hydrogen (secondary N) is 2. The van der Waals surface area contributed by atoms with Crippen LogP contribution in [0.1, 0.15) is 44.7 Å². The maximum Gasteiger partial charge on any atom is 0.274 e. The average molecular weight is 459 g/mol. The molecular formula is C26H26N4O4. The Bertz CT molecular complexity index is 1260. The lowest BCUT2D eigenvalue weighted by Gasteiger charge is -2.09. The zero-order valence-corrected chi connectivity index (χ0v) is 19.1. The van der Waals surface area contributed by atoms with Gasteiger partial charge in [0.2, 0.25) is 0 Å². The van der Waals surface area contributed by atoms with Gasteiger partial charge in [-0.25, -0.2) is 0 Å². The number of aryl methyl sites for hydroxylation is 2. The predicted octanol–water partition coefficient (Wildman–Crippen LogP) is 4.34. The number of carbonyl (C=O) groups excluding carboxylic acids is 2. The Labute approximate surface area is 197 Å². The number of carbonyl (C=O) groups is 2. The minimum Gasteiger partial charge on any atom is -0.489 e. The summed E-state index contributed by atoms with van der Waals surface area (Å²) in [6, 6.07) is 18.6. The van der Waals surface area contributed by atoms with Crippen LogP contribution in [0.15, 0.2) is 77.5 Å². The minimum absolute atomic E-state index is 0.123. The van der Waals surface area contributed by atoms with Crippen molar-refractivity contribution in [3.05, 3.63) is 101 Å². The molecule has 2 aromatic heterocycles. The maximum absolute atomic E-state index is 12.9. The Morgan fingerprint density at radius 1 is 1.03 bits per heavy atom. The molecule has 0 saturated carbocycles. The number of nitrogens with zero attached hydrogens (tertiary/aromatic N) is 2. The Hall–Kier alpha value is -4.33. The molecule has 0 fully saturated rings. The van der Waals surface area contributed by atoms with E-state index in [1.807, 2.05) is 30.3 Å². The van der Waals surface area contributed by atoms with Crippen molar-refractivity contribution in [2.75, 3.05) is 5.32 Å². The fourth-order valence-electron chi connectivity index (χ4n) is 3.40. The van der Waals surface area contributed by atoms with Crippen LogP contribution < -0.4 is 15.4 Å². The average Bonchev–Trinajstić information content (AvgIpc) is 3.51. The summed E-state index contributed by atoms with van der Waals surface area (Å²) in [5, 5.41) is 9.72. The summed E-state index contributed by atoms with van der Waals surface area (Å²) >= 11 is 0. The highest BCUT2D eigenvalue weighted by Gasteiger charge is 2.19. The molecule has 2 amide bonds. The van der Waals surface area contributed by atoms with Gasteiger partial charge in [-0.05, 0) is 53.9 Å². The third kappa shape index (κ3) is 5.72. The zero-order valence-electron chi connectivity index (χ0n) is 19.1. The van der Waals surface area contributed by atoms with Gasteiger partial charge in [0.1, 0.15) is 18.1 Å². The van der Waals surface area contributed by atoms with E-state index in [2.05, 4.69) is 22.7 Å². The van der Waals surface area contributed by atoms with Crippen LogP contribution in [0, 0.1) is 0 Å². The van der Waals surface area contributed by atoms with Crippen LogP contribution in [-0.4, -0.2) is 21.6 Å². The highest BCUT2D eigenvalue weighted by Crippen LogP contribution is 2.18. The minimum atomic E-state index is -0.413. The maximum atomic E-state index is 12.9. The normalized spacial score (nSPS) is 10.6. The Morgan fingerprint density at radius 3 is 2.59 bits per heavy atom. The predicted molar refractivity (Wildman–Crippen MR) is 128 cm³/mol. The highest BCUT2D eigenvalue weighted by atomic mass is 16.5. The van der Waals surface area contributed by atoms with E-state index < -0.39 is 5.91 Å². The van der Waals surface area contributed by atoms with Crippen molar-refractivity contribution < 1.29 is 18.7 Å². The Balaban J connectivity index is 1.40. The van der Waals surface area contributed by atoms with E-state index >= 15 is 0 Å². The van der Waals surface area contributed by atoms with E-state index in [-0.39, 0.29) is 18.1 Å². The quantitative estimate of drug-likeness (QED) is 0.389. The van der Waals surface area contributed by atoms with Crippen LogP contribution >= 0.6 is 0 Å². The first-order valence-electron chi connectivity index (χ1n) is 11.0. The van der Waals surface area contributed by atoms with E-state index in [9.17, 15) is 9.59 Å². The van der Waals surface area contributed by atoms with Gasteiger partial charge in [-0.1, -0.05) is 31.2 Å². The topological polar surface area (TPSA) is 98.4 Å². The van der Waals surface area contributed by atoms with Crippen LogP contribution in [0.3, 0.4) is 0 Å². The van der Waals surface area contributed by atoms with Gasteiger partial charge < -0.3 is 19.8 Å². The van der Waals surface area contributed by atoms with Crippen LogP contribution in [0.25, 0.3) is 0 Å². The van der Waals surface area contributed by atoms with Crippen molar-refractivity contribution in [2.24, 2.45) is 7.05 Å². The second-order valence-electron chi connectivity index (χ2n) is 7.77. The SMILES string of the molecule is CCc1ccc(OCc2cccc(C(=O)Nc3cn(C)nc3C(=O)NCc3ccco3)c2)cc1. The molecule has 0 atom stereocenters. The largest absolute Gasteiger partial charge is 0.489 e. The molecule has 2 heterocycles. The number of ether oxygens (including phenoxy) is 1. The van der Waals surface area contributed by atoms with Crippen molar-refractivity contribution in [2.45, 2.75) is 26.5 Å². The lowest BCUT2D eigenvalue weighted by Crippen LogP contribution is -2.25. The fourth-order valence-corrected chi connectivity index (χ4v) is 3.40. The second kappa shape index (κ2) is 10.5. The molecule has 2 N–H and O–H groups in total. The summed E-state index contributed by atoms with van der Waals surface area (Å²) in [6.45, 7) is 2.66. The van der Waals surface area contributed by atoms with E-state index in [1.165, 1.54) is 16.5 Å². The first kappa shape index (κ1) is 22.8. The summed E-state index contributed by atoms with van der Waals surface area (Å²) in [4.78, 5) is 25.5. The van der Waals surface area contributed by atoms with Crippen molar-refractivity contribution in [3.63, 3.8) is 0 Å². The number of rotatable bonds is 9. The molecule has 0 bridgehead atoms. The second-order valence-corrected chi connectivity index (χ2v) is 7.77. The van der Waals surface area contributed by atoms with Gasteiger partial charge in [-0.3, -0.25) is 14.3 Å². The van der Waals surface area contributed by atoms with Gasteiger partial charge in [-0.2, -0.15) is 5.10 Å². The molecule has 0 radical (unpaired) electrons. The summed E-state index contributed by atoms with van der Waals surface area (Å²) < 4.78 is 12.6. The number of hydrogen-bond acceptors (Lipinski definition) is 5. The van der Waals surface area contributed by atoms with Gasteiger partial charge in [-0.15, -0.1) is 0 Å². The molecule has 8 heteroatoms. The van der Waals surface area contributed by atoms with Gasteiger partial charge in [0.05, 0.1) is 18.5 Å². The molecule has 0 aliphatic heterocycles. The monoisotopic (exact) mass is 458 g/mol. The van der Waals surface area contributed by atoms with Gasteiger partial charge in [0.15, 0.2) is 5.69 Å². The van der Waals surface area contributed by atoms with Crippen molar-refractivity contribution in [3.8, 4) is 5.75 Å². The number of furan rings is 1. The van der Waals surface area contributed by atoms with Crippen molar-refractivity contribution in [1.82, 2.24) is 15.1 Å². The number of aromatic nitrogens is 2. The Kier molecular flexibility index (Phi) is 7.07. The van der Waals surface area contributed by atoms with Gasteiger partial charge >= 0.3 is 0 Å². The third-order valence-corrected chi connectivity index (χ3v) is 5.22. The smallest absolute Gasteiger partial charge is 0.274 e. The van der Waals surface area contributed by atoms with E-state index in [4.69, 9.17) is 9.15 Å². The molecule has 0 aliphatic rings. The molecule has 0 unspecified atom stereocenters. The van der Waals surface area contributed by atoms with Crippen LogP contribution in [-0.2, 0) is 26.6 Å². The van der Waals surface area contributed by atoms with Gasteiger partial charge in [0.25, 0.3) is 11.8 Å². The number of benzene rings is 2. The molecule has 2 aromatic carbocycles. The molecule has 174 valence electrons. The third-order valence-electron chi connectivity index (χ3n) is 5.22. The number of anilines is 1. The molecule has 0 saturated heterocycles. The molecule has 4 aromatic rings. The summed E-state index contributed by atoms with van der Waals surface area (Å²) in [7, 11) is 1.68. The van der Waals surface area contributed by atoms with Gasteiger partial charge in [0, 0.05) is 18.8 Å². The first-order chi connectivity index (χ1) is 16.5. The molecule has 0 aliphatic carbocycles. The van der Waals surface area contributed by atoms with E-state index in [0.29, 0.717) is 23.6 Å². The first-order valence-corrected chi connectivity index (χ1v) is 11.0. The zero-order chi connectivity index (χ0) is 23.9. The Morgan fingerprint density at radius 2 is 1.85 bits per heavy atom. The standard InChI is InChI=1S/C26H26N4O4/c1-3-18-9-11-21(12-10-18)34-17-19-6-4-7-20(14-19)25(31)28-23-16-30(2)29-24(23)26(32)27-15-22-8-5-13-33-22/h4-14,16H,3,15,17H2,1-2H3,(H,27,32)(H,28,31). The van der Waals surface area contributed by atoms with Crippen molar-refractivity contribution >= 4 is 17.5 Å². The van der Waals surface area contributed by atoms with Crippen LogP contribution in [0.2, 0.25) is 0 Å². The van der Waals surface area contributed by atoms with Crippen molar-refractivity contribution in [1.29, 1.82) is 0 Å². The summed E-state index contributed by atoms with van der Waals surface area (Å²) in [5.74, 6) is 0.633. The highest BCUT2D eigenvalue weighted by molar-refractivity contribution is 6.08. The molecule has 34 heavy (non-hydrogen) atoms. The number of amides is 2. The molecule has 8 nitrogen and oxygen atoms in total. The lowest BCUT2D eigenvalue weighted by molar-refractivity contribution is 0.0943. The lowest BCUT2D eigenvalue weighted by atomic mass is 10.1. The van der Waals surface area contributed by atoms with Crippen LogP contribution in [0.5, 0.6) is 5.75 Å². The number of hydrogen-bond donors (Lipinski definition) is 2. The van der Waals surface area contributed by atoms with E-state index in [1.54, 1.807) is 43.6 Å². The summed E-state index contributed by atoms with van der Waals surface area (Å²) in [5.41, 5.74) is 3.00. The molecule has 0 spiro atoms. The van der Waals surface area contributed by atoms with Crippen LogP contribution in [0.4, 0.5) is 5.69 Å². The molecular weight excluding hydrogens is 432 g/mol.